The van der Waals surface area contributed by atoms with Gasteiger partial charge in [0.15, 0.2) is 0 Å². The fraction of sp³-hybridized carbons (Fsp3) is 0.278. The molecule has 2 aromatic rings. The highest BCUT2D eigenvalue weighted by Gasteiger charge is 2.30. The van der Waals surface area contributed by atoms with Gasteiger partial charge in [0.2, 0.25) is 0 Å². The molecule has 0 bridgehead atoms. The van der Waals surface area contributed by atoms with Gasteiger partial charge in [0.05, 0.1) is 10.4 Å². The maximum Gasteiger partial charge on any atom is 0.321 e. The predicted octanol–water partition coefficient (Wildman–Crippen LogP) is 4.24. The summed E-state index contributed by atoms with van der Waals surface area (Å²) in [7, 11) is 0. The van der Waals surface area contributed by atoms with E-state index in [4.69, 9.17) is 37.8 Å². The first-order chi connectivity index (χ1) is 12.5. The molecule has 2 unspecified atom stereocenters. The number of nitrogens with one attached hydrogen (secondary N) is 1. The fourth-order valence-electron chi connectivity index (χ4n) is 2.47. The van der Waals surface area contributed by atoms with Crippen molar-refractivity contribution in [3.8, 4) is 11.5 Å². The third-order valence-corrected chi connectivity index (χ3v) is 5.56. The molecule has 1 aliphatic heterocycles. The molecule has 2 N–H and O–H groups in total. The number of ether oxygens (including phenoxy) is 2. The molecule has 3 rings (SSSR count). The minimum atomic E-state index is -0.829. The molecule has 0 amide bonds. The van der Waals surface area contributed by atoms with Gasteiger partial charge < -0.3 is 14.6 Å². The third-order valence-electron chi connectivity index (χ3n) is 3.74. The van der Waals surface area contributed by atoms with E-state index in [1.165, 1.54) is 0 Å². The minimum absolute atomic E-state index is 0.0545. The SMILES string of the molecule is O=C(O)C1CSC(c2cccc(OCCOc3cc(Cl)ccc3Cl)c2)N1. The molecule has 0 aliphatic carbocycles. The monoisotopic (exact) mass is 413 g/mol. The number of hydrogen-bond donors (Lipinski definition) is 2. The maximum atomic E-state index is 11.0. The number of carboxylic acid groups (broad SMARTS) is 1. The second-order valence-electron chi connectivity index (χ2n) is 5.62. The number of rotatable bonds is 7. The Balaban J connectivity index is 1.51. The van der Waals surface area contributed by atoms with E-state index >= 15 is 0 Å². The van der Waals surface area contributed by atoms with E-state index in [0.29, 0.717) is 40.5 Å². The molecule has 0 aromatic heterocycles. The van der Waals surface area contributed by atoms with Crippen LogP contribution in [-0.4, -0.2) is 36.1 Å². The standard InChI is InChI=1S/C18H17Cl2NO4S/c19-12-4-5-14(20)16(9-12)25-7-6-24-13-3-1-2-11(8-13)17-21-15(10-26-17)18(22)23/h1-5,8-9,15,17,21H,6-7,10H2,(H,22,23). The smallest absolute Gasteiger partial charge is 0.321 e. The number of hydrogen-bond acceptors (Lipinski definition) is 5. The minimum Gasteiger partial charge on any atom is -0.490 e. The van der Waals surface area contributed by atoms with Crippen molar-refractivity contribution >= 4 is 40.9 Å². The topological polar surface area (TPSA) is 67.8 Å². The van der Waals surface area contributed by atoms with Crippen LogP contribution in [0.25, 0.3) is 0 Å². The fourth-order valence-corrected chi connectivity index (χ4v) is 4.03. The highest BCUT2D eigenvalue weighted by Crippen LogP contribution is 2.34. The van der Waals surface area contributed by atoms with Gasteiger partial charge in [0, 0.05) is 16.8 Å². The van der Waals surface area contributed by atoms with E-state index in [0.717, 1.165) is 5.56 Å². The Morgan fingerprint density at radius 2 is 2.00 bits per heavy atom. The molecule has 2 aromatic carbocycles. The molecule has 1 saturated heterocycles. The quantitative estimate of drug-likeness (QED) is 0.661. The molecule has 1 heterocycles. The molecule has 1 fully saturated rings. The second kappa shape index (κ2) is 8.86. The Bertz CT molecular complexity index is 790. The Hall–Kier alpha value is -1.60. The lowest BCUT2D eigenvalue weighted by Gasteiger charge is -2.14. The number of aliphatic carboxylic acids is 1. The average molecular weight is 414 g/mol. The van der Waals surface area contributed by atoms with Gasteiger partial charge in [-0.15, -0.1) is 11.8 Å². The highest BCUT2D eigenvalue weighted by atomic mass is 35.5. The van der Waals surface area contributed by atoms with Crippen LogP contribution in [-0.2, 0) is 4.79 Å². The lowest BCUT2D eigenvalue weighted by atomic mass is 10.2. The number of halogens is 2. The lowest BCUT2D eigenvalue weighted by molar-refractivity contribution is -0.138. The summed E-state index contributed by atoms with van der Waals surface area (Å²) in [6.07, 6.45) is 0. The van der Waals surface area contributed by atoms with Gasteiger partial charge in [-0.2, -0.15) is 0 Å². The summed E-state index contributed by atoms with van der Waals surface area (Å²) in [5, 5.41) is 13.2. The van der Waals surface area contributed by atoms with Gasteiger partial charge in [-0.25, -0.2) is 0 Å². The van der Waals surface area contributed by atoms with Crippen LogP contribution in [0.5, 0.6) is 11.5 Å². The van der Waals surface area contributed by atoms with Crippen molar-refractivity contribution in [2.75, 3.05) is 19.0 Å². The van der Waals surface area contributed by atoms with Gasteiger partial charge in [-0.1, -0.05) is 35.3 Å². The molecule has 1 aliphatic rings. The second-order valence-corrected chi connectivity index (χ2v) is 7.60. The Labute approximate surface area is 165 Å². The van der Waals surface area contributed by atoms with Crippen molar-refractivity contribution in [1.82, 2.24) is 5.32 Å². The number of benzene rings is 2. The van der Waals surface area contributed by atoms with Gasteiger partial charge in [-0.3, -0.25) is 10.1 Å². The average Bonchev–Trinajstić information content (AvgIpc) is 3.12. The molecule has 0 saturated carbocycles. The zero-order chi connectivity index (χ0) is 18.5. The molecular weight excluding hydrogens is 397 g/mol. The normalized spacial score (nSPS) is 19.3. The Morgan fingerprint density at radius 3 is 2.77 bits per heavy atom. The summed E-state index contributed by atoms with van der Waals surface area (Å²) >= 11 is 13.5. The largest absolute Gasteiger partial charge is 0.490 e. The lowest BCUT2D eigenvalue weighted by Crippen LogP contribution is -2.33. The molecule has 2 atom stereocenters. The molecular formula is C18H17Cl2NO4S. The molecule has 26 heavy (non-hydrogen) atoms. The van der Waals surface area contributed by atoms with Crippen LogP contribution >= 0.6 is 35.0 Å². The van der Waals surface area contributed by atoms with Crippen molar-refractivity contribution in [3.05, 3.63) is 58.1 Å². The van der Waals surface area contributed by atoms with Crippen LogP contribution in [0.4, 0.5) is 0 Å². The molecule has 5 nitrogen and oxygen atoms in total. The first kappa shape index (κ1) is 19.2. The number of carboxylic acids is 1. The zero-order valence-electron chi connectivity index (χ0n) is 13.7. The number of thioether (sulfide) groups is 1. The highest BCUT2D eigenvalue weighted by molar-refractivity contribution is 7.99. The van der Waals surface area contributed by atoms with Crippen molar-refractivity contribution < 1.29 is 19.4 Å². The summed E-state index contributed by atoms with van der Waals surface area (Å²) in [5.41, 5.74) is 0.982. The Kier molecular flexibility index (Phi) is 6.53. The molecule has 0 radical (unpaired) electrons. The first-order valence-corrected chi connectivity index (χ1v) is 9.74. The molecule has 0 spiro atoms. The summed E-state index contributed by atoms with van der Waals surface area (Å²) in [5.74, 6) is 0.927. The third kappa shape index (κ3) is 4.98. The van der Waals surface area contributed by atoms with E-state index in [-0.39, 0.29) is 5.37 Å². The van der Waals surface area contributed by atoms with Crippen LogP contribution in [0.15, 0.2) is 42.5 Å². The van der Waals surface area contributed by atoms with Gasteiger partial charge in [0.25, 0.3) is 0 Å². The van der Waals surface area contributed by atoms with Crippen molar-refractivity contribution in [1.29, 1.82) is 0 Å². The summed E-state index contributed by atoms with van der Waals surface area (Å²) < 4.78 is 11.3. The van der Waals surface area contributed by atoms with Crippen molar-refractivity contribution in [2.45, 2.75) is 11.4 Å². The van der Waals surface area contributed by atoms with E-state index < -0.39 is 12.0 Å². The zero-order valence-corrected chi connectivity index (χ0v) is 16.0. The maximum absolute atomic E-state index is 11.0. The molecule has 138 valence electrons. The summed E-state index contributed by atoms with van der Waals surface area (Å²) in [6.45, 7) is 0.664. The van der Waals surface area contributed by atoms with Gasteiger partial charge in [-0.05, 0) is 29.8 Å². The van der Waals surface area contributed by atoms with E-state index in [2.05, 4.69) is 5.32 Å². The van der Waals surface area contributed by atoms with Crippen molar-refractivity contribution in [2.24, 2.45) is 0 Å². The van der Waals surface area contributed by atoms with Gasteiger partial charge in [0.1, 0.15) is 30.8 Å². The van der Waals surface area contributed by atoms with Crippen LogP contribution in [0.2, 0.25) is 10.0 Å². The van der Waals surface area contributed by atoms with Crippen LogP contribution in [0.3, 0.4) is 0 Å². The van der Waals surface area contributed by atoms with Crippen LogP contribution in [0, 0.1) is 0 Å². The Morgan fingerprint density at radius 1 is 1.19 bits per heavy atom. The molecule has 8 heteroatoms. The van der Waals surface area contributed by atoms with Gasteiger partial charge >= 0.3 is 5.97 Å². The number of carbonyl (C=O) groups is 1. The van der Waals surface area contributed by atoms with E-state index in [1.807, 2.05) is 24.3 Å². The van der Waals surface area contributed by atoms with Crippen LogP contribution in [0.1, 0.15) is 10.9 Å². The van der Waals surface area contributed by atoms with E-state index in [9.17, 15) is 4.79 Å². The predicted molar refractivity (Wildman–Crippen MR) is 104 cm³/mol. The first-order valence-electron chi connectivity index (χ1n) is 7.94. The summed E-state index contributed by atoms with van der Waals surface area (Å²) in [4.78, 5) is 11.0. The van der Waals surface area contributed by atoms with Crippen LogP contribution < -0.4 is 14.8 Å². The van der Waals surface area contributed by atoms with Crippen molar-refractivity contribution in [3.63, 3.8) is 0 Å². The summed E-state index contributed by atoms with van der Waals surface area (Å²) in [6, 6.07) is 12.1. The van der Waals surface area contributed by atoms with E-state index in [1.54, 1.807) is 30.0 Å².